The van der Waals surface area contributed by atoms with Crippen molar-refractivity contribution in [3.05, 3.63) is 77.6 Å². The second kappa shape index (κ2) is 5.77. The molecule has 4 rings (SSSR count). The average Bonchev–Trinajstić information content (AvgIpc) is 3.18. The van der Waals surface area contributed by atoms with Crippen LogP contribution in [0.1, 0.15) is 25.1 Å². The third-order valence-electron chi connectivity index (χ3n) is 4.88. The summed E-state index contributed by atoms with van der Waals surface area (Å²) < 4.78 is 19.2. The van der Waals surface area contributed by atoms with Gasteiger partial charge in [0.05, 0.1) is 0 Å². The molecular weight excluding hydrogens is 335 g/mol. The van der Waals surface area contributed by atoms with Crippen LogP contribution in [0.2, 0.25) is 0 Å². The van der Waals surface area contributed by atoms with Crippen molar-refractivity contribution in [3.8, 4) is 0 Å². The Morgan fingerprint density at radius 2 is 1.52 bits per heavy atom. The summed E-state index contributed by atoms with van der Waals surface area (Å²) in [4.78, 5) is 12.5. The number of hydrogen-bond acceptors (Lipinski definition) is 4. The first-order valence-corrected chi connectivity index (χ1v) is 10.5. The summed E-state index contributed by atoms with van der Waals surface area (Å²) in [5, 5.41) is 0.885. The van der Waals surface area contributed by atoms with Gasteiger partial charge in [0.1, 0.15) is 0 Å². The molecule has 1 atom stereocenters. The fourth-order valence-corrected chi connectivity index (χ4v) is 8.93. The van der Waals surface area contributed by atoms with E-state index >= 15 is 0 Å². The van der Waals surface area contributed by atoms with Gasteiger partial charge in [-0.1, -0.05) is 0 Å². The first-order valence-electron chi connectivity index (χ1n) is 8.41. The predicted octanol–water partition coefficient (Wildman–Crippen LogP) is 4.29. The molecule has 0 aliphatic carbocycles. The summed E-state index contributed by atoms with van der Waals surface area (Å²) in [7, 11) is -3.75. The Hall–Kier alpha value is -2.00. The summed E-state index contributed by atoms with van der Waals surface area (Å²) in [6.07, 6.45) is 0. The van der Waals surface area contributed by atoms with Gasteiger partial charge in [0.15, 0.2) is 0 Å². The van der Waals surface area contributed by atoms with E-state index in [4.69, 9.17) is 13.6 Å². The maximum atomic E-state index is 12.5. The number of hydrogen-bond donors (Lipinski definition) is 0. The summed E-state index contributed by atoms with van der Waals surface area (Å²) in [5.74, 6) is 0.590. The third kappa shape index (κ3) is 2.22. The van der Waals surface area contributed by atoms with Gasteiger partial charge in [-0.05, 0) is 0 Å². The van der Waals surface area contributed by atoms with Gasteiger partial charge in [-0.15, -0.1) is 0 Å². The van der Waals surface area contributed by atoms with E-state index in [1.165, 1.54) is 0 Å². The zero-order valence-electron chi connectivity index (χ0n) is 14.3. The molecule has 2 aliphatic rings. The van der Waals surface area contributed by atoms with E-state index in [9.17, 15) is 4.79 Å². The van der Waals surface area contributed by atoms with Crippen molar-refractivity contribution >= 4 is 18.4 Å². The molecule has 0 amide bonds. The molecule has 130 valence electrons. The van der Waals surface area contributed by atoms with Gasteiger partial charge in [0, 0.05) is 0 Å². The SMILES string of the molecule is CC(=O)C1=C(C)OP2(c3ccccc3)(OCCO2)C1c1ccccc1. The van der Waals surface area contributed by atoms with Crippen molar-refractivity contribution in [1.29, 1.82) is 0 Å². The normalized spacial score (nSPS) is 25.4. The molecule has 0 radical (unpaired) electrons. The molecule has 0 aromatic heterocycles. The number of rotatable bonds is 3. The van der Waals surface area contributed by atoms with Gasteiger partial charge in [-0.3, -0.25) is 0 Å². The molecule has 1 fully saturated rings. The van der Waals surface area contributed by atoms with E-state index in [1.807, 2.05) is 67.6 Å². The Labute approximate surface area is 147 Å². The van der Waals surface area contributed by atoms with Crippen LogP contribution in [0.25, 0.3) is 0 Å². The van der Waals surface area contributed by atoms with Gasteiger partial charge >= 0.3 is 147 Å². The fourth-order valence-electron chi connectivity index (χ4n) is 3.98. The second-order valence-corrected chi connectivity index (χ2v) is 9.99. The predicted molar refractivity (Wildman–Crippen MR) is 98.5 cm³/mol. The van der Waals surface area contributed by atoms with Crippen molar-refractivity contribution in [2.75, 3.05) is 13.2 Å². The van der Waals surface area contributed by atoms with Gasteiger partial charge in [-0.2, -0.15) is 0 Å². The van der Waals surface area contributed by atoms with E-state index in [0.29, 0.717) is 24.5 Å². The Morgan fingerprint density at radius 1 is 0.960 bits per heavy atom. The molecule has 1 spiro atoms. The summed E-state index contributed by atoms with van der Waals surface area (Å²) in [6.45, 7) is 4.32. The van der Waals surface area contributed by atoms with E-state index in [1.54, 1.807) is 6.92 Å². The van der Waals surface area contributed by atoms with Crippen LogP contribution in [0.3, 0.4) is 0 Å². The Bertz CT molecular complexity index is 839. The first-order chi connectivity index (χ1) is 12.1. The molecule has 0 N–H and O–H groups in total. The monoisotopic (exact) mass is 356 g/mol. The van der Waals surface area contributed by atoms with E-state index < -0.39 is 7.28 Å². The molecule has 2 heterocycles. The molecule has 2 aliphatic heterocycles. The van der Waals surface area contributed by atoms with E-state index in [-0.39, 0.29) is 11.4 Å². The quantitative estimate of drug-likeness (QED) is 0.770. The molecule has 0 saturated carbocycles. The fraction of sp³-hybridized carbons (Fsp3) is 0.250. The summed E-state index contributed by atoms with van der Waals surface area (Å²) >= 11 is 0. The van der Waals surface area contributed by atoms with Crippen molar-refractivity contribution in [1.82, 2.24) is 0 Å². The average molecular weight is 356 g/mol. The number of benzene rings is 2. The standard InChI is InChI=1S/C20H21O4P/c1-15(21)19-16(2)24-25(22-13-14-23-25,18-11-7-4-8-12-18)20(19)17-9-5-3-6-10-17/h3-12,20H,13-14H2,1-2H3. The van der Waals surface area contributed by atoms with Crippen LogP contribution in [-0.2, 0) is 18.4 Å². The molecule has 0 bridgehead atoms. The van der Waals surface area contributed by atoms with Crippen LogP contribution in [-0.4, -0.2) is 19.0 Å². The van der Waals surface area contributed by atoms with Gasteiger partial charge < -0.3 is 0 Å². The zero-order valence-corrected chi connectivity index (χ0v) is 15.2. The molecule has 1 saturated heterocycles. The molecule has 2 aromatic rings. The van der Waals surface area contributed by atoms with Crippen LogP contribution < -0.4 is 5.30 Å². The van der Waals surface area contributed by atoms with Crippen LogP contribution in [0, 0.1) is 0 Å². The van der Waals surface area contributed by atoms with E-state index in [2.05, 4.69) is 0 Å². The summed E-state index contributed by atoms with van der Waals surface area (Å²) in [5.41, 5.74) is 1.26. The molecule has 25 heavy (non-hydrogen) atoms. The minimum absolute atomic E-state index is 0.0112. The van der Waals surface area contributed by atoms with Crippen molar-refractivity contribution in [2.24, 2.45) is 0 Å². The number of Topliss-reactive ketones (excluding diaryl/α,β-unsaturated/α-hetero) is 1. The van der Waals surface area contributed by atoms with Crippen LogP contribution >= 0.6 is 7.28 Å². The Kier molecular flexibility index (Phi) is 3.80. The topological polar surface area (TPSA) is 44.8 Å². The van der Waals surface area contributed by atoms with Crippen LogP contribution in [0.5, 0.6) is 0 Å². The second-order valence-electron chi connectivity index (χ2n) is 6.38. The van der Waals surface area contributed by atoms with Crippen molar-refractivity contribution in [3.63, 3.8) is 0 Å². The molecule has 2 aromatic carbocycles. The number of allylic oxidation sites excluding steroid dienone is 2. The van der Waals surface area contributed by atoms with Gasteiger partial charge in [-0.25, -0.2) is 0 Å². The maximum absolute atomic E-state index is 12.5. The Balaban J connectivity index is 2.03. The van der Waals surface area contributed by atoms with Gasteiger partial charge in [0.25, 0.3) is 0 Å². The Morgan fingerprint density at radius 3 is 2.08 bits per heavy atom. The van der Waals surface area contributed by atoms with Crippen LogP contribution in [0.4, 0.5) is 0 Å². The zero-order chi connectivity index (χ0) is 17.5. The summed E-state index contributed by atoms with van der Waals surface area (Å²) in [6, 6.07) is 19.7. The van der Waals surface area contributed by atoms with Crippen molar-refractivity contribution < 1.29 is 18.4 Å². The van der Waals surface area contributed by atoms with Crippen LogP contribution in [0.15, 0.2) is 72.0 Å². The number of carbonyl (C=O) groups excluding carboxylic acids is 1. The molecule has 1 unspecified atom stereocenters. The molecule has 5 heteroatoms. The van der Waals surface area contributed by atoms with Gasteiger partial charge in [0.2, 0.25) is 0 Å². The van der Waals surface area contributed by atoms with E-state index in [0.717, 1.165) is 10.9 Å². The number of ketones is 1. The molecule has 4 nitrogen and oxygen atoms in total. The number of carbonyl (C=O) groups is 1. The first kappa shape index (κ1) is 16.5. The molecular formula is C20H21O4P. The minimum atomic E-state index is -3.75. The third-order valence-corrected chi connectivity index (χ3v) is 9.52. The van der Waals surface area contributed by atoms with Crippen molar-refractivity contribution in [2.45, 2.75) is 19.5 Å².